The number of carbonyl (C=O) groups excluding carboxylic acids is 1. The van der Waals surface area contributed by atoms with E-state index in [9.17, 15) is 4.79 Å². The maximum absolute atomic E-state index is 13.6. The maximum Gasteiger partial charge on any atom is 0.255 e. The molecule has 36 heavy (non-hydrogen) atoms. The molecule has 0 heterocycles. The van der Waals surface area contributed by atoms with Gasteiger partial charge in [-0.05, 0) is 108 Å². The maximum atomic E-state index is 13.6. The van der Waals surface area contributed by atoms with Crippen molar-refractivity contribution in [2.45, 2.75) is 91.9 Å². The molecule has 6 atom stereocenters. The third-order valence-corrected chi connectivity index (χ3v) is 9.38. The molecule has 2 aliphatic rings. The zero-order chi connectivity index (χ0) is 26.0. The number of hydrogen-bond acceptors (Lipinski definition) is 2. The molecule has 0 saturated heterocycles. The Morgan fingerprint density at radius 2 is 1.25 bits per heavy atom. The van der Waals surface area contributed by atoms with Crippen LogP contribution in [0.2, 0.25) is 0 Å². The van der Waals surface area contributed by atoms with Crippen LogP contribution >= 0.6 is 0 Å². The van der Waals surface area contributed by atoms with Crippen molar-refractivity contribution in [3.63, 3.8) is 0 Å². The van der Waals surface area contributed by atoms with Gasteiger partial charge in [0.15, 0.2) is 0 Å². The minimum absolute atomic E-state index is 0.0291. The van der Waals surface area contributed by atoms with Crippen LogP contribution in [0.5, 0.6) is 0 Å². The van der Waals surface area contributed by atoms with Crippen molar-refractivity contribution in [1.82, 2.24) is 0 Å². The van der Waals surface area contributed by atoms with Gasteiger partial charge in [0.2, 0.25) is 0 Å². The molecule has 2 aliphatic carbocycles. The Labute approximate surface area is 219 Å². The molecule has 196 valence electrons. The van der Waals surface area contributed by atoms with E-state index >= 15 is 0 Å². The van der Waals surface area contributed by atoms with Crippen LogP contribution in [0.25, 0.3) is 0 Å². The second-order valence-electron chi connectivity index (χ2n) is 12.8. The second kappa shape index (κ2) is 11.4. The fourth-order valence-corrected chi connectivity index (χ4v) is 7.29. The van der Waals surface area contributed by atoms with Crippen LogP contribution in [-0.2, 0) is 0 Å². The zero-order valence-corrected chi connectivity index (χ0v) is 23.4. The van der Waals surface area contributed by atoms with E-state index in [0.717, 1.165) is 5.69 Å². The average molecular weight is 489 g/mol. The summed E-state index contributed by atoms with van der Waals surface area (Å²) in [5.74, 6) is 4.92. The fraction of sp³-hybridized carbons (Fsp3) is 0.606. The smallest absolute Gasteiger partial charge is 0.255 e. The zero-order valence-electron chi connectivity index (χ0n) is 23.4. The van der Waals surface area contributed by atoms with E-state index in [4.69, 9.17) is 5.73 Å². The molecule has 2 aromatic rings. The van der Waals surface area contributed by atoms with Gasteiger partial charge in [-0.25, -0.2) is 0 Å². The molecule has 0 bridgehead atoms. The third kappa shape index (κ3) is 5.82. The second-order valence-corrected chi connectivity index (χ2v) is 12.8. The van der Waals surface area contributed by atoms with E-state index < -0.39 is 0 Å². The Hall–Kier alpha value is -2.29. The first-order valence-corrected chi connectivity index (χ1v) is 14.4. The summed E-state index contributed by atoms with van der Waals surface area (Å²) in [5.41, 5.74) is 11.1. The predicted octanol–water partition coefficient (Wildman–Crippen LogP) is 8.87. The summed E-state index contributed by atoms with van der Waals surface area (Å²) in [7, 11) is 0. The number of benzene rings is 2. The lowest BCUT2D eigenvalue weighted by Gasteiger charge is -2.41. The highest BCUT2D eigenvalue weighted by Gasteiger charge is 2.37. The third-order valence-electron chi connectivity index (χ3n) is 9.38. The van der Waals surface area contributed by atoms with Crippen LogP contribution < -0.4 is 11.1 Å². The monoisotopic (exact) mass is 488 g/mol. The predicted molar refractivity (Wildman–Crippen MR) is 153 cm³/mol. The number of hydrogen-bond donors (Lipinski definition) is 2. The molecule has 2 fully saturated rings. The van der Waals surface area contributed by atoms with E-state index in [1.807, 2.05) is 24.3 Å². The molecular weight excluding hydrogens is 440 g/mol. The van der Waals surface area contributed by atoms with E-state index in [2.05, 4.69) is 65.1 Å². The van der Waals surface area contributed by atoms with Crippen molar-refractivity contribution in [3.05, 3.63) is 59.2 Å². The molecule has 2 aromatic carbocycles. The van der Waals surface area contributed by atoms with Crippen LogP contribution in [0, 0.1) is 35.5 Å². The number of nitrogen functional groups attached to an aromatic ring is 1. The molecule has 4 rings (SSSR count). The van der Waals surface area contributed by atoms with Crippen molar-refractivity contribution in [3.8, 4) is 0 Å². The van der Waals surface area contributed by atoms with Gasteiger partial charge in [0.05, 0.1) is 0 Å². The van der Waals surface area contributed by atoms with Crippen molar-refractivity contribution in [1.29, 1.82) is 0 Å². The first-order valence-electron chi connectivity index (χ1n) is 14.4. The summed E-state index contributed by atoms with van der Waals surface area (Å²) >= 11 is 0. The van der Waals surface area contributed by atoms with Crippen LogP contribution in [0.15, 0.2) is 42.5 Å². The molecule has 3 N–H and O–H groups in total. The Morgan fingerprint density at radius 1 is 0.778 bits per heavy atom. The molecule has 0 aromatic heterocycles. The van der Waals surface area contributed by atoms with Gasteiger partial charge in [-0.3, -0.25) is 4.79 Å². The van der Waals surface area contributed by atoms with Crippen LogP contribution in [0.4, 0.5) is 11.4 Å². The summed E-state index contributed by atoms with van der Waals surface area (Å²) < 4.78 is 0. The average Bonchev–Trinajstić information content (AvgIpc) is 2.84. The van der Waals surface area contributed by atoms with Gasteiger partial charge in [0.25, 0.3) is 5.91 Å². The summed E-state index contributed by atoms with van der Waals surface area (Å²) in [5, 5.41) is 3.48. The Balaban J connectivity index is 1.82. The van der Waals surface area contributed by atoms with Crippen molar-refractivity contribution < 1.29 is 4.79 Å². The lowest BCUT2D eigenvalue weighted by Crippen LogP contribution is -2.30. The summed E-state index contributed by atoms with van der Waals surface area (Å²) in [6.45, 7) is 14.3. The molecule has 0 aliphatic heterocycles. The highest BCUT2D eigenvalue weighted by atomic mass is 16.1. The van der Waals surface area contributed by atoms with Crippen molar-refractivity contribution in [2.24, 2.45) is 35.5 Å². The minimum Gasteiger partial charge on any atom is -0.399 e. The number of rotatable bonds is 6. The van der Waals surface area contributed by atoms with Crippen LogP contribution in [0.1, 0.15) is 113 Å². The molecule has 0 spiro atoms. The van der Waals surface area contributed by atoms with E-state index in [1.54, 1.807) is 0 Å². The number of nitrogens with one attached hydrogen (secondary N) is 1. The summed E-state index contributed by atoms with van der Waals surface area (Å²) in [4.78, 5) is 13.6. The Bertz CT molecular complexity index is 974. The summed E-state index contributed by atoms with van der Waals surface area (Å²) in [6, 6.07) is 14.2. The number of para-hydroxylation sites is 1. The normalized spacial score (nSPS) is 28.9. The number of anilines is 2. The van der Waals surface area contributed by atoms with Crippen molar-refractivity contribution in [2.75, 3.05) is 11.1 Å². The van der Waals surface area contributed by atoms with Gasteiger partial charge in [-0.15, -0.1) is 0 Å². The molecule has 2 saturated carbocycles. The Kier molecular flexibility index (Phi) is 8.48. The first-order chi connectivity index (χ1) is 17.2. The van der Waals surface area contributed by atoms with Gasteiger partial charge >= 0.3 is 0 Å². The fourth-order valence-electron chi connectivity index (χ4n) is 7.29. The SMILES string of the molecule is CC1CCC(C(C)C)C(c2cccc(C3CC(C)CCC3C(C)C)c2NC(=O)c2ccc(N)cc2)C1. The van der Waals surface area contributed by atoms with E-state index in [-0.39, 0.29) is 5.91 Å². The van der Waals surface area contributed by atoms with Crippen LogP contribution in [-0.4, -0.2) is 5.91 Å². The lowest BCUT2D eigenvalue weighted by molar-refractivity contribution is 0.102. The van der Waals surface area contributed by atoms with Crippen molar-refractivity contribution >= 4 is 17.3 Å². The Morgan fingerprint density at radius 3 is 1.69 bits per heavy atom. The minimum atomic E-state index is -0.0291. The van der Waals surface area contributed by atoms with Gasteiger partial charge < -0.3 is 11.1 Å². The van der Waals surface area contributed by atoms with Gasteiger partial charge in [-0.1, -0.05) is 72.6 Å². The molecule has 3 heteroatoms. The molecule has 0 radical (unpaired) electrons. The van der Waals surface area contributed by atoms with Gasteiger partial charge in [0.1, 0.15) is 0 Å². The number of nitrogens with two attached hydrogens (primary N) is 1. The standard InChI is InChI=1S/C33H48N2O/c1-20(2)26-16-10-22(5)18-30(26)28-8-7-9-29(31-19-23(6)11-17-27(31)21(3)4)32(28)35-33(36)24-12-14-25(34)15-13-24/h7-9,12-15,20-23,26-27,30-31H,10-11,16-19,34H2,1-6H3,(H,35,36). The summed E-state index contributed by atoms with van der Waals surface area (Å²) in [6.07, 6.45) is 7.56. The van der Waals surface area contributed by atoms with Gasteiger partial charge in [0, 0.05) is 16.9 Å². The molecular formula is C33H48N2O. The highest BCUT2D eigenvalue weighted by molar-refractivity contribution is 6.05. The molecule has 6 unspecified atom stereocenters. The molecule has 1 amide bonds. The largest absolute Gasteiger partial charge is 0.399 e. The topological polar surface area (TPSA) is 55.1 Å². The van der Waals surface area contributed by atoms with E-state index in [1.165, 1.54) is 49.7 Å². The number of carbonyl (C=O) groups is 1. The number of amides is 1. The van der Waals surface area contributed by atoms with Gasteiger partial charge in [-0.2, -0.15) is 0 Å². The first kappa shape index (κ1) is 26.8. The lowest BCUT2D eigenvalue weighted by atomic mass is 9.64. The molecule has 3 nitrogen and oxygen atoms in total. The highest BCUT2D eigenvalue weighted by Crippen LogP contribution is 2.51. The van der Waals surface area contributed by atoms with Crippen LogP contribution in [0.3, 0.4) is 0 Å². The van der Waals surface area contributed by atoms with E-state index in [0.29, 0.717) is 58.6 Å². The quantitative estimate of drug-likeness (QED) is 0.399.